The van der Waals surface area contributed by atoms with Crippen LogP contribution in [0.15, 0.2) is 77.8 Å². The molecule has 2 rings (SSSR count). The van der Waals surface area contributed by atoms with Gasteiger partial charge in [0.05, 0.1) is 18.4 Å². The smallest absolute Gasteiger partial charge is 0.192 e. The van der Waals surface area contributed by atoms with E-state index < -0.39 is 8.32 Å². The third kappa shape index (κ3) is 13.2. The van der Waals surface area contributed by atoms with Crippen LogP contribution in [0, 0.1) is 0 Å². The molecule has 41 heavy (non-hydrogen) atoms. The Bertz CT molecular complexity index is 953. The van der Waals surface area contributed by atoms with Crippen LogP contribution >= 0.6 is 0 Å². The maximum atomic E-state index is 10.6. The van der Waals surface area contributed by atoms with E-state index in [1.54, 1.807) is 0 Å². The van der Waals surface area contributed by atoms with E-state index in [0.717, 1.165) is 23.3 Å². The van der Waals surface area contributed by atoms with Gasteiger partial charge in [0, 0.05) is 11.1 Å². The van der Waals surface area contributed by atoms with Gasteiger partial charge in [0.2, 0.25) is 0 Å². The van der Waals surface area contributed by atoms with Gasteiger partial charge in [-0.2, -0.15) is 0 Å². The summed E-state index contributed by atoms with van der Waals surface area (Å²) in [7, 11) is -2.09. The molecule has 0 amide bonds. The fraction of sp³-hybridized carbons (Fsp3) is 0.595. The van der Waals surface area contributed by atoms with Crippen molar-refractivity contribution in [3.05, 3.63) is 83.9 Å². The minimum absolute atomic E-state index is 0.0642. The lowest BCUT2D eigenvalue weighted by Crippen LogP contribution is -2.47. The second kappa shape index (κ2) is 19.2. The summed E-state index contributed by atoms with van der Waals surface area (Å²) >= 11 is 0. The Labute approximate surface area is 253 Å². The van der Waals surface area contributed by atoms with Gasteiger partial charge in [-0.05, 0) is 31.0 Å². The average molecular weight is 578 g/mol. The Balaban J connectivity index is 2.09. The van der Waals surface area contributed by atoms with E-state index in [0.29, 0.717) is 0 Å². The lowest BCUT2D eigenvalue weighted by Gasteiger charge is -2.40. The summed E-state index contributed by atoms with van der Waals surface area (Å²) in [6.07, 6.45) is 20.1. The molecule has 0 saturated heterocycles. The van der Waals surface area contributed by atoms with Crippen molar-refractivity contribution in [1.82, 2.24) is 0 Å². The summed E-state index contributed by atoms with van der Waals surface area (Å²) in [5.41, 5.74) is 2.99. The molecule has 228 valence electrons. The van der Waals surface area contributed by atoms with Gasteiger partial charge in [-0.1, -0.05) is 165 Å². The molecule has 2 aromatic carbocycles. The number of unbranched alkanes of at least 4 members (excludes halogenated alkanes) is 11. The van der Waals surface area contributed by atoms with Crippen molar-refractivity contribution < 1.29 is 9.53 Å². The topological polar surface area (TPSA) is 41.8 Å². The highest BCUT2D eigenvalue weighted by molar-refractivity contribution is 6.74. The second-order valence-corrected chi connectivity index (χ2v) is 17.8. The average Bonchev–Trinajstić information content (AvgIpc) is 2.96. The zero-order valence-corrected chi connectivity index (χ0v) is 28.1. The SMILES string of the molecule is CCCCCCCCCCCCCC=CC(O[Si](C)(C)C(C)(C)C)C(CO)N=C(c1ccccc1)c1ccccc1. The van der Waals surface area contributed by atoms with Crippen LogP contribution in [0.3, 0.4) is 0 Å². The minimum Gasteiger partial charge on any atom is -0.408 e. The van der Waals surface area contributed by atoms with Crippen LogP contribution in [0.1, 0.15) is 116 Å². The first kappa shape index (κ1) is 35.2. The third-order valence-corrected chi connectivity index (χ3v) is 13.0. The van der Waals surface area contributed by atoms with Crippen LogP contribution in [0.25, 0.3) is 0 Å². The number of allylic oxidation sites excluding steroid dienone is 1. The summed E-state index contributed by atoms with van der Waals surface area (Å²) in [4.78, 5) is 5.19. The third-order valence-electron chi connectivity index (χ3n) is 8.49. The summed E-state index contributed by atoms with van der Waals surface area (Å²) in [5, 5.41) is 10.7. The molecule has 0 fully saturated rings. The molecule has 0 radical (unpaired) electrons. The van der Waals surface area contributed by atoms with Gasteiger partial charge in [0.15, 0.2) is 8.32 Å². The van der Waals surface area contributed by atoms with E-state index in [1.807, 2.05) is 36.4 Å². The van der Waals surface area contributed by atoms with Crippen LogP contribution in [0.5, 0.6) is 0 Å². The number of aliphatic hydroxyl groups excluding tert-OH is 1. The fourth-order valence-electron chi connectivity index (χ4n) is 4.81. The van der Waals surface area contributed by atoms with Gasteiger partial charge in [0.1, 0.15) is 6.04 Å². The van der Waals surface area contributed by atoms with Gasteiger partial charge in [-0.3, -0.25) is 4.99 Å². The summed E-state index contributed by atoms with van der Waals surface area (Å²) in [6.45, 7) is 13.6. The maximum Gasteiger partial charge on any atom is 0.192 e. The predicted octanol–water partition coefficient (Wildman–Crippen LogP) is 10.5. The van der Waals surface area contributed by atoms with E-state index in [-0.39, 0.29) is 23.8 Å². The summed E-state index contributed by atoms with van der Waals surface area (Å²) in [6, 6.07) is 20.2. The molecule has 0 aromatic heterocycles. The fourth-order valence-corrected chi connectivity index (χ4v) is 6.08. The number of hydrogen-bond acceptors (Lipinski definition) is 3. The van der Waals surface area contributed by atoms with Crippen LogP contribution < -0.4 is 0 Å². The number of hydrogen-bond donors (Lipinski definition) is 1. The first-order chi connectivity index (χ1) is 19.7. The Morgan fingerprint density at radius 3 is 1.68 bits per heavy atom. The highest BCUT2D eigenvalue weighted by Gasteiger charge is 2.40. The van der Waals surface area contributed by atoms with Crippen molar-refractivity contribution in [2.24, 2.45) is 4.99 Å². The zero-order chi connectivity index (χ0) is 30.0. The van der Waals surface area contributed by atoms with Gasteiger partial charge in [-0.25, -0.2) is 0 Å². The molecule has 4 heteroatoms. The Morgan fingerprint density at radius 1 is 0.780 bits per heavy atom. The quantitative estimate of drug-likeness (QED) is 0.0736. The highest BCUT2D eigenvalue weighted by Crippen LogP contribution is 2.38. The molecule has 0 aliphatic heterocycles. The van der Waals surface area contributed by atoms with Gasteiger partial charge in [0.25, 0.3) is 0 Å². The Morgan fingerprint density at radius 2 is 1.24 bits per heavy atom. The van der Waals surface area contributed by atoms with Crippen LogP contribution in [-0.4, -0.2) is 37.9 Å². The molecule has 3 nitrogen and oxygen atoms in total. The first-order valence-corrected chi connectivity index (χ1v) is 19.2. The van der Waals surface area contributed by atoms with Gasteiger partial charge >= 0.3 is 0 Å². The maximum absolute atomic E-state index is 10.6. The molecule has 0 saturated carbocycles. The summed E-state index contributed by atoms with van der Waals surface area (Å²) in [5.74, 6) is 0. The molecule has 0 spiro atoms. The molecule has 2 aromatic rings. The molecular formula is C37H59NO2Si. The van der Waals surface area contributed by atoms with Crippen LogP contribution in [0.4, 0.5) is 0 Å². The zero-order valence-electron chi connectivity index (χ0n) is 27.1. The van der Waals surface area contributed by atoms with E-state index in [4.69, 9.17) is 9.42 Å². The van der Waals surface area contributed by atoms with Crippen molar-refractivity contribution in [3.8, 4) is 0 Å². The van der Waals surface area contributed by atoms with Crippen molar-refractivity contribution >= 4 is 14.0 Å². The van der Waals surface area contributed by atoms with Crippen molar-refractivity contribution in [2.45, 2.75) is 135 Å². The first-order valence-electron chi connectivity index (χ1n) is 16.3. The number of aliphatic imine (C=N–C) groups is 1. The standard InChI is InChI=1S/C37H59NO2Si/c1-7-8-9-10-11-12-13-14-15-16-17-18-25-30-35(40-41(5,6)37(2,3)4)34(31-39)38-36(32-26-21-19-22-27-32)33-28-23-20-24-29-33/h19-30,34-35,39H,7-18,31H2,1-6H3. The van der Waals surface area contributed by atoms with Gasteiger partial charge < -0.3 is 9.53 Å². The molecular weight excluding hydrogens is 518 g/mol. The second-order valence-electron chi connectivity index (χ2n) is 13.1. The number of nitrogens with zero attached hydrogens (tertiary/aromatic N) is 1. The lowest BCUT2D eigenvalue weighted by molar-refractivity contribution is 0.150. The monoisotopic (exact) mass is 577 g/mol. The lowest BCUT2D eigenvalue weighted by atomic mass is 10.0. The molecule has 0 aliphatic carbocycles. The molecule has 2 atom stereocenters. The molecule has 0 bridgehead atoms. The molecule has 0 aliphatic rings. The molecule has 2 unspecified atom stereocenters. The van der Waals surface area contributed by atoms with Crippen LogP contribution in [0.2, 0.25) is 18.1 Å². The van der Waals surface area contributed by atoms with Crippen LogP contribution in [-0.2, 0) is 4.43 Å². The van der Waals surface area contributed by atoms with E-state index in [2.05, 4.69) is 77.2 Å². The highest BCUT2D eigenvalue weighted by atomic mass is 28.4. The minimum atomic E-state index is -2.09. The summed E-state index contributed by atoms with van der Waals surface area (Å²) < 4.78 is 6.92. The van der Waals surface area contributed by atoms with Crippen molar-refractivity contribution in [2.75, 3.05) is 6.61 Å². The Hall–Kier alpha value is -2.01. The normalized spacial score (nSPS) is 13.8. The number of aliphatic hydroxyl groups is 1. The van der Waals surface area contributed by atoms with E-state index in [9.17, 15) is 5.11 Å². The van der Waals surface area contributed by atoms with E-state index in [1.165, 1.54) is 70.6 Å². The number of rotatable bonds is 20. The van der Waals surface area contributed by atoms with Crippen molar-refractivity contribution in [3.63, 3.8) is 0 Å². The largest absolute Gasteiger partial charge is 0.408 e. The Kier molecular flexibility index (Phi) is 16.5. The number of benzene rings is 2. The van der Waals surface area contributed by atoms with Gasteiger partial charge in [-0.15, -0.1) is 0 Å². The molecule has 0 heterocycles. The van der Waals surface area contributed by atoms with Crippen molar-refractivity contribution in [1.29, 1.82) is 0 Å². The molecule has 1 N–H and O–H groups in total. The van der Waals surface area contributed by atoms with E-state index >= 15 is 0 Å². The predicted molar refractivity (Wildman–Crippen MR) is 182 cm³/mol.